The lowest BCUT2D eigenvalue weighted by atomic mass is 10.1. The van der Waals surface area contributed by atoms with Gasteiger partial charge in [-0.05, 0) is 17.7 Å². The molecule has 0 unspecified atom stereocenters. The minimum absolute atomic E-state index is 0.0769. The Labute approximate surface area is 121 Å². The molecule has 0 aliphatic carbocycles. The third-order valence-electron chi connectivity index (χ3n) is 2.88. The van der Waals surface area contributed by atoms with Crippen molar-refractivity contribution in [3.05, 3.63) is 47.0 Å². The molecule has 1 aromatic carbocycles. The van der Waals surface area contributed by atoms with E-state index in [4.69, 9.17) is 5.11 Å². The fraction of sp³-hybridized carbons (Fsp3) is 0.286. The summed E-state index contributed by atoms with van der Waals surface area (Å²) in [5.74, 6) is -0.523. The van der Waals surface area contributed by atoms with Crippen molar-refractivity contribution < 1.29 is 14.7 Å². The number of aromatic carboxylic acids is 1. The number of nitrogens with one attached hydrogen (secondary N) is 2. The molecule has 2 aromatic rings. The summed E-state index contributed by atoms with van der Waals surface area (Å²) in [6.07, 6.45) is 0. The summed E-state index contributed by atoms with van der Waals surface area (Å²) in [7, 11) is 0. The van der Waals surface area contributed by atoms with Crippen LogP contribution in [0.2, 0.25) is 0 Å². The van der Waals surface area contributed by atoms with Crippen molar-refractivity contribution >= 4 is 11.9 Å². The Balaban J connectivity index is 2.00. The molecule has 3 N–H and O–H groups in total. The Bertz CT molecular complexity index is 664. The Morgan fingerprint density at radius 3 is 2.76 bits per heavy atom. The van der Waals surface area contributed by atoms with Gasteiger partial charge in [-0.2, -0.15) is 0 Å². The lowest BCUT2D eigenvalue weighted by Crippen LogP contribution is -2.24. The molecule has 110 valence electrons. The number of hydrogen-bond donors (Lipinski definition) is 3. The Morgan fingerprint density at radius 2 is 2.14 bits per heavy atom. The monoisotopic (exact) mass is 288 g/mol. The van der Waals surface area contributed by atoms with Crippen LogP contribution in [-0.2, 0) is 6.54 Å². The van der Waals surface area contributed by atoms with Crippen molar-refractivity contribution in [2.75, 3.05) is 0 Å². The van der Waals surface area contributed by atoms with E-state index in [-0.39, 0.29) is 23.9 Å². The molecule has 0 aliphatic rings. The maximum Gasteiger partial charge on any atom is 0.335 e. The molecule has 7 nitrogen and oxygen atoms in total. The highest BCUT2D eigenvalue weighted by molar-refractivity contribution is 5.90. The predicted octanol–water partition coefficient (Wildman–Crippen LogP) is 1.56. The quantitative estimate of drug-likeness (QED) is 0.773. The summed E-state index contributed by atoms with van der Waals surface area (Å²) >= 11 is 0. The number of H-pyrrole nitrogens is 1. The number of benzene rings is 1. The predicted molar refractivity (Wildman–Crippen MR) is 75.0 cm³/mol. The maximum atomic E-state index is 11.9. The number of hydrogen-bond acceptors (Lipinski definition) is 4. The highest BCUT2D eigenvalue weighted by Crippen LogP contribution is 2.08. The molecular formula is C14H16N4O3. The number of aromatic nitrogens is 3. The lowest BCUT2D eigenvalue weighted by Gasteiger charge is -2.04. The molecule has 0 fully saturated rings. The topological polar surface area (TPSA) is 108 Å². The van der Waals surface area contributed by atoms with Crippen molar-refractivity contribution in [3.63, 3.8) is 0 Å². The maximum absolute atomic E-state index is 11.9. The Hall–Kier alpha value is -2.70. The summed E-state index contributed by atoms with van der Waals surface area (Å²) in [6.45, 7) is 4.10. The average molecular weight is 288 g/mol. The Kier molecular flexibility index (Phi) is 4.32. The molecule has 7 heteroatoms. The van der Waals surface area contributed by atoms with E-state index in [9.17, 15) is 9.59 Å². The zero-order valence-corrected chi connectivity index (χ0v) is 11.8. The van der Waals surface area contributed by atoms with Gasteiger partial charge in [0.15, 0.2) is 0 Å². The van der Waals surface area contributed by atoms with E-state index >= 15 is 0 Å². The van der Waals surface area contributed by atoms with Crippen molar-refractivity contribution in [1.82, 2.24) is 20.5 Å². The van der Waals surface area contributed by atoms with Gasteiger partial charge in [-0.25, -0.2) is 9.78 Å². The normalized spacial score (nSPS) is 10.6. The summed E-state index contributed by atoms with van der Waals surface area (Å²) in [6, 6.07) is 6.39. The molecule has 0 bridgehead atoms. The van der Waals surface area contributed by atoms with Crippen molar-refractivity contribution in [2.45, 2.75) is 26.3 Å². The van der Waals surface area contributed by atoms with E-state index in [0.29, 0.717) is 11.4 Å². The van der Waals surface area contributed by atoms with Crippen molar-refractivity contribution in [3.8, 4) is 0 Å². The van der Waals surface area contributed by atoms with Crippen LogP contribution in [0.15, 0.2) is 24.3 Å². The third-order valence-corrected chi connectivity index (χ3v) is 2.88. The number of carbonyl (C=O) groups is 2. The van der Waals surface area contributed by atoms with Gasteiger partial charge in [-0.15, -0.1) is 5.10 Å². The second kappa shape index (κ2) is 6.17. The number of nitrogens with zero attached hydrogens (tertiary/aromatic N) is 2. The first-order valence-corrected chi connectivity index (χ1v) is 6.50. The number of carbonyl (C=O) groups excluding carboxylic acids is 1. The zero-order chi connectivity index (χ0) is 15.4. The molecule has 0 aliphatic heterocycles. The van der Waals surface area contributed by atoms with E-state index < -0.39 is 11.9 Å². The molecule has 1 aromatic heterocycles. The van der Waals surface area contributed by atoms with Gasteiger partial charge in [0.2, 0.25) is 5.82 Å². The minimum Gasteiger partial charge on any atom is -0.478 e. The number of carboxylic acids is 1. The fourth-order valence-corrected chi connectivity index (χ4v) is 1.71. The summed E-state index contributed by atoms with van der Waals surface area (Å²) in [4.78, 5) is 26.9. The van der Waals surface area contributed by atoms with Crippen molar-refractivity contribution in [1.29, 1.82) is 0 Å². The second-order valence-corrected chi connectivity index (χ2v) is 4.89. The molecule has 0 saturated carbocycles. The van der Waals surface area contributed by atoms with E-state index in [0.717, 1.165) is 0 Å². The van der Waals surface area contributed by atoms with E-state index in [1.165, 1.54) is 12.1 Å². The van der Waals surface area contributed by atoms with Gasteiger partial charge in [0, 0.05) is 12.5 Å². The van der Waals surface area contributed by atoms with Crippen molar-refractivity contribution in [2.24, 2.45) is 0 Å². The van der Waals surface area contributed by atoms with Crippen LogP contribution >= 0.6 is 0 Å². The van der Waals surface area contributed by atoms with Gasteiger partial charge in [-0.1, -0.05) is 26.0 Å². The first-order valence-electron chi connectivity index (χ1n) is 6.50. The number of carboxylic acid groups (broad SMARTS) is 1. The van der Waals surface area contributed by atoms with Gasteiger partial charge >= 0.3 is 5.97 Å². The van der Waals surface area contributed by atoms with Gasteiger partial charge in [0.05, 0.1) is 5.56 Å². The van der Waals surface area contributed by atoms with Crippen LogP contribution in [0.3, 0.4) is 0 Å². The van der Waals surface area contributed by atoms with Crippen LogP contribution < -0.4 is 5.32 Å². The highest BCUT2D eigenvalue weighted by atomic mass is 16.4. The first-order chi connectivity index (χ1) is 9.97. The average Bonchev–Trinajstić information content (AvgIpc) is 2.95. The number of amides is 1. The molecule has 21 heavy (non-hydrogen) atoms. The van der Waals surface area contributed by atoms with Crippen LogP contribution in [0.25, 0.3) is 0 Å². The molecule has 1 heterocycles. The molecular weight excluding hydrogens is 272 g/mol. The van der Waals surface area contributed by atoms with E-state index in [1.807, 2.05) is 13.8 Å². The molecule has 0 saturated heterocycles. The van der Waals surface area contributed by atoms with Crippen LogP contribution in [0.4, 0.5) is 0 Å². The van der Waals surface area contributed by atoms with Gasteiger partial charge in [-0.3, -0.25) is 9.89 Å². The zero-order valence-electron chi connectivity index (χ0n) is 11.8. The van der Waals surface area contributed by atoms with Crippen LogP contribution in [-0.4, -0.2) is 32.2 Å². The van der Waals surface area contributed by atoms with E-state index in [2.05, 4.69) is 20.5 Å². The standard InChI is InChI=1S/C14H16N4O3/c1-8(2)11-16-12(18-17-11)13(19)15-7-9-4-3-5-10(6-9)14(20)21/h3-6,8H,7H2,1-2H3,(H,15,19)(H,20,21)(H,16,17,18). The first kappa shape index (κ1) is 14.7. The molecule has 0 radical (unpaired) electrons. The summed E-state index contributed by atoms with van der Waals surface area (Å²) in [5.41, 5.74) is 0.879. The third kappa shape index (κ3) is 3.65. The smallest absolute Gasteiger partial charge is 0.335 e. The van der Waals surface area contributed by atoms with E-state index in [1.54, 1.807) is 12.1 Å². The highest BCUT2D eigenvalue weighted by Gasteiger charge is 2.13. The lowest BCUT2D eigenvalue weighted by molar-refractivity contribution is 0.0696. The fourth-order valence-electron chi connectivity index (χ4n) is 1.71. The summed E-state index contributed by atoms with van der Waals surface area (Å²) in [5, 5.41) is 18.1. The minimum atomic E-state index is -1.00. The number of rotatable bonds is 5. The molecule has 1 amide bonds. The molecule has 2 rings (SSSR count). The SMILES string of the molecule is CC(C)c1nc(C(=O)NCc2cccc(C(=O)O)c2)n[nH]1. The van der Waals surface area contributed by atoms with Gasteiger partial charge < -0.3 is 10.4 Å². The molecule has 0 spiro atoms. The second-order valence-electron chi connectivity index (χ2n) is 4.89. The van der Waals surface area contributed by atoms with Crippen LogP contribution in [0.5, 0.6) is 0 Å². The largest absolute Gasteiger partial charge is 0.478 e. The Morgan fingerprint density at radius 1 is 1.38 bits per heavy atom. The number of aromatic amines is 1. The molecule has 0 atom stereocenters. The van der Waals surface area contributed by atoms with Crippen LogP contribution in [0.1, 0.15) is 52.1 Å². The summed E-state index contributed by atoms with van der Waals surface area (Å²) < 4.78 is 0. The van der Waals surface area contributed by atoms with Gasteiger partial charge in [0.25, 0.3) is 5.91 Å². The van der Waals surface area contributed by atoms with Crippen LogP contribution in [0, 0.1) is 0 Å². The van der Waals surface area contributed by atoms with Gasteiger partial charge in [0.1, 0.15) is 5.82 Å².